The molecule has 0 atom stereocenters. The molecule has 1 N–H and O–H groups in total. The number of carbonyl (C=O) groups excluding carboxylic acids is 1. The summed E-state index contributed by atoms with van der Waals surface area (Å²) in [7, 11) is 0. The van der Waals surface area contributed by atoms with Crippen LogP contribution < -0.4 is 5.32 Å². The van der Waals surface area contributed by atoms with Gasteiger partial charge in [-0.25, -0.2) is 0 Å². The minimum atomic E-state index is -0.146. The van der Waals surface area contributed by atoms with E-state index in [0.29, 0.717) is 5.92 Å². The van der Waals surface area contributed by atoms with Crippen molar-refractivity contribution in [3.8, 4) is 6.07 Å². The number of nitriles is 1. The highest BCUT2D eigenvalue weighted by atomic mass is 16.2. The van der Waals surface area contributed by atoms with Crippen molar-refractivity contribution in [3.63, 3.8) is 0 Å². The third kappa shape index (κ3) is 4.10. The fourth-order valence-electron chi connectivity index (χ4n) is 1.77. The Morgan fingerprint density at radius 2 is 2.06 bits per heavy atom. The average Bonchev–Trinajstić information content (AvgIpc) is 2.30. The summed E-state index contributed by atoms with van der Waals surface area (Å²) in [5.41, 5.74) is 0.202. The van der Waals surface area contributed by atoms with Crippen molar-refractivity contribution < 1.29 is 4.79 Å². The zero-order valence-electron chi connectivity index (χ0n) is 10.9. The van der Waals surface area contributed by atoms with Crippen LogP contribution in [0.2, 0.25) is 0 Å². The van der Waals surface area contributed by atoms with Crippen LogP contribution in [0, 0.1) is 17.2 Å². The van der Waals surface area contributed by atoms with Gasteiger partial charge in [-0.15, -0.1) is 0 Å². The van der Waals surface area contributed by atoms with Crippen LogP contribution >= 0.6 is 0 Å². The first-order valence-corrected chi connectivity index (χ1v) is 6.20. The Morgan fingerprint density at radius 3 is 2.53 bits per heavy atom. The lowest BCUT2D eigenvalue weighted by atomic mass is 9.99. The topological polar surface area (TPSA) is 56.1 Å². The second-order valence-electron chi connectivity index (χ2n) is 4.97. The molecule has 4 heteroatoms. The van der Waals surface area contributed by atoms with Crippen molar-refractivity contribution in [1.82, 2.24) is 10.2 Å². The lowest BCUT2D eigenvalue weighted by molar-refractivity contribution is -0.128. The van der Waals surface area contributed by atoms with E-state index in [1.807, 2.05) is 19.9 Å². The van der Waals surface area contributed by atoms with Gasteiger partial charge >= 0.3 is 0 Å². The smallest absolute Gasteiger partial charge is 0.265 e. The van der Waals surface area contributed by atoms with E-state index in [-0.39, 0.29) is 17.5 Å². The molecule has 17 heavy (non-hydrogen) atoms. The highest BCUT2D eigenvalue weighted by molar-refractivity contribution is 5.97. The van der Waals surface area contributed by atoms with Crippen molar-refractivity contribution in [2.24, 2.45) is 5.92 Å². The fourth-order valence-corrected chi connectivity index (χ4v) is 1.77. The molecule has 1 amide bonds. The number of nitrogens with one attached hydrogen (secondary N) is 1. The average molecular weight is 235 g/mol. The molecule has 0 aromatic carbocycles. The van der Waals surface area contributed by atoms with Crippen molar-refractivity contribution in [2.45, 2.75) is 39.7 Å². The van der Waals surface area contributed by atoms with Crippen LogP contribution in [0.1, 0.15) is 33.6 Å². The van der Waals surface area contributed by atoms with E-state index in [1.165, 1.54) is 6.20 Å². The van der Waals surface area contributed by atoms with Gasteiger partial charge in [0.1, 0.15) is 11.6 Å². The van der Waals surface area contributed by atoms with E-state index in [9.17, 15) is 4.79 Å². The molecule has 0 aromatic rings. The molecular formula is C13H21N3O. The highest BCUT2D eigenvalue weighted by Gasteiger charge is 2.22. The number of piperidine rings is 1. The second-order valence-corrected chi connectivity index (χ2v) is 4.97. The van der Waals surface area contributed by atoms with Crippen LogP contribution in [0.3, 0.4) is 0 Å². The van der Waals surface area contributed by atoms with E-state index in [2.05, 4.69) is 12.2 Å². The van der Waals surface area contributed by atoms with Gasteiger partial charge in [-0.05, 0) is 32.6 Å². The van der Waals surface area contributed by atoms with Crippen LogP contribution in [0.25, 0.3) is 0 Å². The molecule has 1 aliphatic heterocycles. The van der Waals surface area contributed by atoms with Gasteiger partial charge in [-0.1, -0.05) is 6.92 Å². The lowest BCUT2D eigenvalue weighted by Gasteiger charge is -2.30. The predicted molar refractivity (Wildman–Crippen MR) is 66.9 cm³/mol. The summed E-state index contributed by atoms with van der Waals surface area (Å²) in [6.07, 6.45) is 3.59. The van der Waals surface area contributed by atoms with Gasteiger partial charge in [-0.2, -0.15) is 5.26 Å². The number of hydrogen-bond acceptors (Lipinski definition) is 3. The number of rotatable bonds is 3. The molecular weight excluding hydrogens is 214 g/mol. The van der Waals surface area contributed by atoms with E-state index >= 15 is 0 Å². The van der Waals surface area contributed by atoms with Gasteiger partial charge in [0.05, 0.1) is 0 Å². The van der Waals surface area contributed by atoms with Gasteiger partial charge < -0.3 is 10.2 Å². The number of carbonyl (C=O) groups is 1. The Morgan fingerprint density at radius 1 is 1.47 bits per heavy atom. The molecule has 4 nitrogen and oxygen atoms in total. The van der Waals surface area contributed by atoms with E-state index in [1.54, 1.807) is 4.90 Å². The molecule has 94 valence electrons. The van der Waals surface area contributed by atoms with Crippen molar-refractivity contribution in [1.29, 1.82) is 5.26 Å². The maximum atomic E-state index is 12.0. The van der Waals surface area contributed by atoms with E-state index in [4.69, 9.17) is 5.26 Å². The Kier molecular flexibility index (Phi) is 5.02. The highest BCUT2D eigenvalue weighted by Crippen LogP contribution is 2.17. The van der Waals surface area contributed by atoms with Crippen LogP contribution in [0.15, 0.2) is 11.8 Å². The third-order valence-corrected chi connectivity index (χ3v) is 2.98. The minimum absolute atomic E-state index is 0.146. The summed E-state index contributed by atoms with van der Waals surface area (Å²) in [5.74, 6) is 0.537. The van der Waals surface area contributed by atoms with Gasteiger partial charge in [0.25, 0.3) is 5.91 Å². The summed E-state index contributed by atoms with van der Waals surface area (Å²) in [4.78, 5) is 13.8. The monoisotopic (exact) mass is 235 g/mol. The number of amides is 1. The largest absolute Gasteiger partial charge is 0.387 e. The van der Waals surface area contributed by atoms with Crippen molar-refractivity contribution in [3.05, 3.63) is 11.8 Å². The minimum Gasteiger partial charge on any atom is -0.387 e. The first-order valence-electron chi connectivity index (χ1n) is 6.20. The summed E-state index contributed by atoms with van der Waals surface area (Å²) < 4.78 is 0. The Bertz CT molecular complexity index is 333. The second kappa shape index (κ2) is 6.29. The zero-order valence-corrected chi connectivity index (χ0v) is 10.9. The zero-order chi connectivity index (χ0) is 12.8. The van der Waals surface area contributed by atoms with Crippen molar-refractivity contribution >= 4 is 5.91 Å². The summed E-state index contributed by atoms with van der Waals surface area (Å²) in [5, 5.41) is 12.0. The molecule has 0 radical (unpaired) electrons. The molecule has 1 heterocycles. The van der Waals surface area contributed by atoms with Crippen LogP contribution in [0.5, 0.6) is 0 Å². The predicted octanol–water partition coefficient (Wildman–Crippen LogP) is 1.65. The third-order valence-electron chi connectivity index (χ3n) is 2.98. The molecule has 0 unspecified atom stereocenters. The number of nitrogens with zero attached hydrogens (tertiary/aromatic N) is 2. The van der Waals surface area contributed by atoms with Gasteiger partial charge in [0.15, 0.2) is 0 Å². The molecule has 1 aliphatic rings. The van der Waals surface area contributed by atoms with E-state index < -0.39 is 0 Å². The molecule has 0 bridgehead atoms. The van der Waals surface area contributed by atoms with Gasteiger partial charge in [0, 0.05) is 25.3 Å². The molecule has 1 rings (SSSR count). The van der Waals surface area contributed by atoms with E-state index in [0.717, 1.165) is 25.9 Å². The Labute approximate surface area is 103 Å². The van der Waals surface area contributed by atoms with Crippen LogP contribution in [0.4, 0.5) is 0 Å². The lowest BCUT2D eigenvalue weighted by Crippen LogP contribution is -2.39. The molecule has 0 aliphatic carbocycles. The normalized spacial score (nSPS) is 18.1. The number of hydrogen-bond donors (Lipinski definition) is 1. The number of likely N-dealkylation sites (tertiary alicyclic amines) is 1. The molecule has 0 saturated carbocycles. The van der Waals surface area contributed by atoms with Crippen LogP contribution in [-0.2, 0) is 4.79 Å². The summed E-state index contributed by atoms with van der Waals surface area (Å²) in [6.45, 7) is 7.67. The molecule has 0 spiro atoms. The maximum Gasteiger partial charge on any atom is 0.265 e. The quantitative estimate of drug-likeness (QED) is 0.598. The van der Waals surface area contributed by atoms with Crippen molar-refractivity contribution in [2.75, 3.05) is 13.1 Å². The summed E-state index contributed by atoms with van der Waals surface area (Å²) >= 11 is 0. The molecule has 1 saturated heterocycles. The first kappa shape index (κ1) is 13.6. The Balaban J connectivity index is 2.61. The van der Waals surface area contributed by atoms with Crippen LogP contribution in [-0.4, -0.2) is 29.9 Å². The standard InChI is InChI=1S/C13H21N3O/c1-10(2)15-9-12(8-14)13(17)16-6-4-11(3)5-7-16/h9-11,15H,4-7H2,1-3H3/b12-9-. The Hall–Kier alpha value is -1.50. The first-order chi connectivity index (χ1) is 8.04. The molecule has 1 fully saturated rings. The fraction of sp³-hybridized carbons (Fsp3) is 0.692. The summed E-state index contributed by atoms with van der Waals surface area (Å²) in [6, 6.07) is 2.20. The van der Waals surface area contributed by atoms with Gasteiger partial charge in [-0.3, -0.25) is 4.79 Å². The van der Waals surface area contributed by atoms with Gasteiger partial charge in [0.2, 0.25) is 0 Å². The SMILES string of the molecule is CC1CCN(C(=O)/C(C#N)=C\NC(C)C)CC1. The maximum absolute atomic E-state index is 12.0. The molecule has 0 aromatic heterocycles.